The first-order valence-electron chi connectivity index (χ1n) is 9.54. The van der Waals surface area contributed by atoms with Crippen LogP contribution in [0.25, 0.3) is 0 Å². The van der Waals surface area contributed by atoms with Gasteiger partial charge in [-0.3, -0.25) is 0 Å². The van der Waals surface area contributed by atoms with Crippen LogP contribution < -0.4 is 24.8 Å². The molecule has 0 aliphatic carbocycles. The average molecular weight is 436 g/mol. The van der Waals surface area contributed by atoms with E-state index in [-0.39, 0.29) is 12.3 Å². The average Bonchev–Trinajstić information content (AvgIpc) is 2.77. The van der Waals surface area contributed by atoms with Crippen molar-refractivity contribution in [2.24, 2.45) is 4.99 Å². The second-order valence-electron chi connectivity index (χ2n) is 6.29. The van der Waals surface area contributed by atoms with Crippen molar-refractivity contribution in [3.05, 3.63) is 48.0 Å². The van der Waals surface area contributed by atoms with Gasteiger partial charge in [-0.05, 0) is 36.8 Å². The molecule has 0 saturated carbocycles. The van der Waals surface area contributed by atoms with Crippen molar-refractivity contribution in [3.63, 3.8) is 0 Å². The molecule has 0 amide bonds. The van der Waals surface area contributed by atoms with Crippen LogP contribution in [-0.2, 0) is 16.4 Å². The number of sulfone groups is 1. The first-order valence-corrected chi connectivity index (χ1v) is 11.2. The first kappa shape index (κ1) is 23.3. The van der Waals surface area contributed by atoms with Crippen molar-refractivity contribution in [3.8, 4) is 17.2 Å². The minimum absolute atomic E-state index is 0.0361. The van der Waals surface area contributed by atoms with Gasteiger partial charge in [-0.1, -0.05) is 18.2 Å². The van der Waals surface area contributed by atoms with Gasteiger partial charge >= 0.3 is 0 Å². The molecule has 164 valence electrons. The summed E-state index contributed by atoms with van der Waals surface area (Å²) in [5.74, 6) is 2.10. The zero-order valence-corrected chi connectivity index (χ0v) is 18.6. The number of guanidine groups is 1. The Balaban J connectivity index is 2.07. The molecule has 0 bridgehead atoms. The molecule has 2 N–H and O–H groups in total. The third kappa shape index (κ3) is 6.28. The Hall–Kier alpha value is -2.94. The van der Waals surface area contributed by atoms with Crippen molar-refractivity contribution in [1.82, 2.24) is 10.6 Å². The predicted octanol–water partition coefficient (Wildman–Crippen LogP) is 2.24. The highest BCUT2D eigenvalue weighted by Crippen LogP contribution is 2.38. The van der Waals surface area contributed by atoms with E-state index in [1.165, 1.54) is 0 Å². The number of rotatable bonds is 10. The Morgan fingerprint density at radius 2 is 1.60 bits per heavy atom. The molecule has 2 rings (SSSR count). The molecule has 0 radical (unpaired) electrons. The molecule has 0 aliphatic rings. The molecular weight excluding hydrogens is 406 g/mol. The Morgan fingerprint density at radius 3 is 2.13 bits per heavy atom. The summed E-state index contributed by atoms with van der Waals surface area (Å²) in [6, 6.07) is 12.1. The normalized spacial score (nSPS) is 11.7. The fourth-order valence-electron chi connectivity index (χ4n) is 2.79. The molecule has 0 aromatic heterocycles. The third-order valence-electron chi connectivity index (χ3n) is 4.25. The Kier molecular flexibility index (Phi) is 8.79. The molecule has 0 atom stereocenters. The Labute approximate surface area is 178 Å². The molecule has 0 fully saturated rings. The highest BCUT2D eigenvalue weighted by Gasteiger charge is 2.15. The quantitative estimate of drug-likeness (QED) is 0.436. The lowest BCUT2D eigenvalue weighted by Gasteiger charge is -2.14. The van der Waals surface area contributed by atoms with Gasteiger partial charge in [0.1, 0.15) is 0 Å². The van der Waals surface area contributed by atoms with Crippen molar-refractivity contribution in [1.29, 1.82) is 0 Å². The van der Waals surface area contributed by atoms with Gasteiger partial charge in [-0.2, -0.15) is 0 Å². The molecule has 0 aliphatic heterocycles. The second kappa shape index (κ2) is 11.3. The number of hydrogen-bond donors (Lipinski definition) is 2. The summed E-state index contributed by atoms with van der Waals surface area (Å²) in [5, 5.41) is 6.18. The molecule has 0 heterocycles. The molecule has 2 aromatic carbocycles. The van der Waals surface area contributed by atoms with Crippen LogP contribution in [0.15, 0.2) is 52.4 Å². The minimum Gasteiger partial charge on any atom is -0.493 e. The smallest absolute Gasteiger partial charge is 0.203 e. The van der Waals surface area contributed by atoms with Crippen LogP contribution in [0.3, 0.4) is 0 Å². The standard InChI is InChI=1S/C21H29N3O5S/c1-5-22-21(23-11-12-30(25,26)17-9-7-6-8-10-17)24-15-16-13-18(27-2)20(29-4)19(14-16)28-3/h6-10,13-14H,5,11-12,15H2,1-4H3,(H2,22,23,24). The van der Waals surface area contributed by atoms with Crippen molar-refractivity contribution >= 4 is 15.8 Å². The van der Waals surface area contributed by atoms with E-state index in [2.05, 4.69) is 15.6 Å². The van der Waals surface area contributed by atoms with E-state index < -0.39 is 9.84 Å². The third-order valence-corrected chi connectivity index (χ3v) is 5.99. The maximum absolute atomic E-state index is 12.4. The van der Waals surface area contributed by atoms with Crippen LogP contribution in [-0.4, -0.2) is 54.5 Å². The molecule has 0 unspecified atom stereocenters. The second-order valence-corrected chi connectivity index (χ2v) is 8.40. The van der Waals surface area contributed by atoms with E-state index in [4.69, 9.17) is 14.2 Å². The lowest BCUT2D eigenvalue weighted by atomic mass is 10.2. The first-order chi connectivity index (χ1) is 14.4. The number of methoxy groups -OCH3 is 3. The van der Waals surface area contributed by atoms with Gasteiger partial charge in [0, 0.05) is 13.1 Å². The minimum atomic E-state index is -3.36. The molecular formula is C21H29N3O5S. The number of nitrogens with zero attached hydrogens (tertiary/aromatic N) is 1. The number of benzene rings is 2. The fourth-order valence-corrected chi connectivity index (χ4v) is 3.97. The summed E-state index contributed by atoms with van der Waals surface area (Å²) in [6.45, 7) is 3.17. The number of aliphatic imine (C=N–C) groups is 1. The van der Waals surface area contributed by atoms with Crippen LogP contribution in [0, 0.1) is 0 Å². The molecule has 8 nitrogen and oxygen atoms in total. The van der Waals surface area contributed by atoms with Gasteiger partial charge in [0.2, 0.25) is 5.75 Å². The van der Waals surface area contributed by atoms with E-state index in [0.717, 1.165) is 5.56 Å². The summed E-state index contributed by atoms with van der Waals surface area (Å²) < 4.78 is 40.9. The highest BCUT2D eigenvalue weighted by atomic mass is 32.2. The summed E-state index contributed by atoms with van der Waals surface area (Å²) in [5.41, 5.74) is 0.860. The molecule has 0 saturated heterocycles. The summed E-state index contributed by atoms with van der Waals surface area (Å²) in [6.07, 6.45) is 0. The van der Waals surface area contributed by atoms with E-state index in [1.807, 2.05) is 19.1 Å². The maximum Gasteiger partial charge on any atom is 0.203 e. The van der Waals surface area contributed by atoms with Gasteiger partial charge in [0.15, 0.2) is 27.3 Å². The lowest BCUT2D eigenvalue weighted by Crippen LogP contribution is -2.39. The molecule has 0 spiro atoms. The number of hydrogen-bond acceptors (Lipinski definition) is 6. The van der Waals surface area contributed by atoms with E-state index >= 15 is 0 Å². The lowest BCUT2D eigenvalue weighted by molar-refractivity contribution is 0.324. The van der Waals surface area contributed by atoms with Crippen LogP contribution >= 0.6 is 0 Å². The maximum atomic E-state index is 12.4. The number of ether oxygens (including phenoxy) is 3. The number of nitrogens with one attached hydrogen (secondary N) is 2. The van der Waals surface area contributed by atoms with E-state index in [1.54, 1.807) is 51.7 Å². The van der Waals surface area contributed by atoms with Crippen molar-refractivity contribution in [2.45, 2.75) is 18.4 Å². The predicted molar refractivity (Wildman–Crippen MR) is 117 cm³/mol. The van der Waals surface area contributed by atoms with Crippen LogP contribution in [0.1, 0.15) is 12.5 Å². The molecule has 9 heteroatoms. The summed E-state index contributed by atoms with van der Waals surface area (Å²) in [4.78, 5) is 4.84. The Bertz CT molecular complexity index is 921. The van der Waals surface area contributed by atoms with Crippen molar-refractivity contribution in [2.75, 3.05) is 40.2 Å². The monoisotopic (exact) mass is 435 g/mol. The highest BCUT2D eigenvalue weighted by molar-refractivity contribution is 7.91. The van der Waals surface area contributed by atoms with Crippen molar-refractivity contribution < 1.29 is 22.6 Å². The van der Waals surface area contributed by atoms with E-state index in [0.29, 0.717) is 41.2 Å². The molecule has 2 aromatic rings. The Morgan fingerprint density at radius 1 is 0.967 bits per heavy atom. The summed E-state index contributed by atoms with van der Waals surface area (Å²) >= 11 is 0. The van der Waals surface area contributed by atoms with E-state index in [9.17, 15) is 8.42 Å². The van der Waals surface area contributed by atoms with Crippen LogP contribution in [0.4, 0.5) is 0 Å². The van der Waals surface area contributed by atoms with Gasteiger partial charge in [-0.25, -0.2) is 13.4 Å². The fraction of sp³-hybridized carbons (Fsp3) is 0.381. The zero-order chi connectivity index (χ0) is 22.0. The molecule has 30 heavy (non-hydrogen) atoms. The van der Waals surface area contributed by atoms with Crippen LogP contribution in [0.2, 0.25) is 0 Å². The SMILES string of the molecule is CCNC(=NCc1cc(OC)c(OC)c(OC)c1)NCCS(=O)(=O)c1ccccc1. The largest absolute Gasteiger partial charge is 0.493 e. The van der Waals surface area contributed by atoms with Gasteiger partial charge in [0.05, 0.1) is 38.5 Å². The van der Waals surface area contributed by atoms with Gasteiger partial charge in [-0.15, -0.1) is 0 Å². The zero-order valence-electron chi connectivity index (χ0n) is 17.8. The topological polar surface area (TPSA) is 98.2 Å². The van der Waals surface area contributed by atoms with Gasteiger partial charge < -0.3 is 24.8 Å². The van der Waals surface area contributed by atoms with Crippen LogP contribution in [0.5, 0.6) is 17.2 Å². The van der Waals surface area contributed by atoms with Gasteiger partial charge in [0.25, 0.3) is 0 Å². The summed E-state index contributed by atoms with van der Waals surface area (Å²) in [7, 11) is 1.31.